The lowest BCUT2D eigenvalue weighted by Gasteiger charge is -2.34. The second-order valence-electron chi connectivity index (χ2n) is 7.06. The first-order valence-electron chi connectivity index (χ1n) is 8.70. The van der Waals surface area contributed by atoms with Gasteiger partial charge in [-0.25, -0.2) is 0 Å². The van der Waals surface area contributed by atoms with Gasteiger partial charge in [-0.3, -0.25) is 4.79 Å². The van der Waals surface area contributed by atoms with E-state index in [1.54, 1.807) is 0 Å². The van der Waals surface area contributed by atoms with Crippen LogP contribution in [0.25, 0.3) is 0 Å². The fourth-order valence-corrected chi connectivity index (χ4v) is 3.71. The van der Waals surface area contributed by atoms with Gasteiger partial charge in [0, 0.05) is 19.1 Å². The summed E-state index contributed by atoms with van der Waals surface area (Å²) in [5, 5.41) is 11.5. The lowest BCUT2D eigenvalue weighted by Crippen LogP contribution is -2.45. The van der Waals surface area contributed by atoms with Crippen molar-refractivity contribution in [2.75, 3.05) is 18.0 Å². The zero-order chi connectivity index (χ0) is 15.8. The highest BCUT2D eigenvalue weighted by atomic mass is 16.5. The standard InChI is InChI=1S/C17H24N4O2/c1-11-5-6-16(20-19-11)21-8-7-12-9-14(23-15(12)10-21)17(22)18-13-3-2-4-13/h5-6,12-15H,2-4,7-10H2,1H3,(H,18,22)/t12-,14+,15-/m0/s1. The van der Waals surface area contributed by atoms with Gasteiger partial charge in [0.05, 0.1) is 11.8 Å². The van der Waals surface area contributed by atoms with Crippen molar-refractivity contribution in [2.45, 2.75) is 57.3 Å². The van der Waals surface area contributed by atoms with Gasteiger partial charge in [0.1, 0.15) is 6.10 Å². The van der Waals surface area contributed by atoms with Crippen molar-refractivity contribution in [1.82, 2.24) is 15.5 Å². The summed E-state index contributed by atoms with van der Waals surface area (Å²) in [6.45, 7) is 3.70. The molecule has 3 heterocycles. The van der Waals surface area contributed by atoms with Crippen molar-refractivity contribution in [1.29, 1.82) is 0 Å². The van der Waals surface area contributed by atoms with Gasteiger partial charge in [-0.2, -0.15) is 5.10 Å². The fraction of sp³-hybridized carbons (Fsp3) is 0.706. The topological polar surface area (TPSA) is 67.4 Å². The largest absolute Gasteiger partial charge is 0.363 e. The first kappa shape index (κ1) is 14.9. The monoisotopic (exact) mass is 316 g/mol. The average Bonchev–Trinajstić information content (AvgIpc) is 2.94. The van der Waals surface area contributed by atoms with Gasteiger partial charge in [0.25, 0.3) is 0 Å². The fourth-order valence-electron chi connectivity index (χ4n) is 3.71. The zero-order valence-electron chi connectivity index (χ0n) is 13.6. The van der Waals surface area contributed by atoms with E-state index in [0.29, 0.717) is 12.0 Å². The summed E-state index contributed by atoms with van der Waals surface area (Å²) in [5.41, 5.74) is 0.925. The van der Waals surface area contributed by atoms with Crippen molar-refractivity contribution < 1.29 is 9.53 Å². The molecule has 0 bridgehead atoms. The molecule has 6 heteroatoms. The zero-order valence-corrected chi connectivity index (χ0v) is 13.6. The first-order chi connectivity index (χ1) is 11.2. The molecule has 3 fully saturated rings. The van der Waals surface area contributed by atoms with Crippen LogP contribution in [0, 0.1) is 12.8 Å². The minimum absolute atomic E-state index is 0.0887. The van der Waals surface area contributed by atoms with Crippen LogP contribution in [0.2, 0.25) is 0 Å². The molecule has 1 aromatic heterocycles. The highest BCUT2D eigenvalue weighted by Gasteiger charge is 2.42. The van der Waals surface area contributed by atoms with Crippen LogP contribution in [0.3, 0.4) is 0 Å². The summed E-state index contributed by atoms with van der Waals surface area (Å²) >= 11 is 0. The van der Waals surface area contributed by atoms with E-state index in [4.69, 9.17) is 4.74 Å². The van der Waals surface area contributed by atoms with E-state index in [1.807, 2.05) is 19.1 Å². The Morgan fingerprint density at radius 1 is 1.30 bits per heavy atom. The van der Waals surface area contributed by atoms with Crippen LogP contribution < -0.4 is 10.2 Å². The Bertz CT molecular complexity index is 572. The van der Waals surface area contributed by atoms with Crippen molar-refractivity contribution in [2.24, 2.45) is 5.92 Å². The average molecular weight is 316 g/mol. The molecule has 3 atom stereocenters. The molecule has 2 aliphatic heterocycles. The number of nitrogens with one attached hydrogen (secondary N) is 1. The van der Waals surface area contributed by atoms with E-state index in [9.17, 15) is 4.79 Å². The number of aryl methyl sites for hydroxylation is 1. The molecule has 2 saturated heterocycles. The van der Waals surface area contributed by atoms with E-state index >= 15 is 0 Å². The summed E-state index contributed by atoms with van der Waals surface area (Å²) in [4.78, 5) is 14.5. The molecule has 0 unspecified atom stereocenters. The van der Waals surface area contributed by atoms with Gasteiger partial charge in [-0.05, 0) is 57.1 Å². The summed E-state index contributed by atoms with van der Waals surface area (Å²) in [7, 11) is 0. The molecule has 1 aliphatic carbocycles. The van der Waals surface area contributed by atoms with Crippen LogP contribution in [0.4, 0.5) is 5.82 Å². The van der Waals surface area contributed by atoms with Crippen LogP contribution in [-0.2, 0) is 9.53 Å². The van der Waals surface area contributed by atoms with Gasteiger partial charge < -0.3 is 15.0 Å². The van der Waals surface area contributed by atoms with Gasteiger partial charge >= 0.3 is 0 Å². The third-order valence-electron chi connectivity index (χ3n) is 5.40. The van der Waals surface area contributed by atoms with Gasteiger partial charge in [-0.15, -0.1) is 5.10 Å². The number of carbonyl (C=O) groups is 1. The molecule has 0 aromatic carbocycles. The SMILES string of the molecule is Cc1ccc(N2CC[C@H]3C[C@H](C(=O)NC4CCC4)O[C@H]3C2)nn1. The normalized spacial score (nSPS) is 30.7. The molecule has 0 radical (unpaired) electrons. The van der Waals surface area contributed by atoms with Gasteiger partial charge in [0.15, 0.2) is 5.82 Å². The summed E-state index contributed by atoms with van der Waals surface area (Å²) in [5.74, 6) is 1.48. The Labute approximate surface area is 136 Å². The molecule has 124 valence electrons. The molecule has 6 nitrogen and oxygen atoms in total. The molecule has 0 spiro atoms. The molecule has 1 N–H and O–H groups in total. The van der Waals surface area contributed by atoms with Crippen molar-refractivity contribution in [3.63, 3.8) is 0 Å². The van der Waals surface area contributed by atoms with E-state index in [1.165, 1.54) is 6.42 Å². The van der Waals surface area contributed by atoms with Crippen LogP contribution >= 0.6 is 0 Å². The van der Waals surface area contributed by atoms with Crippen LogP contribution in [0.15, 0.2) is 12.1 Å². The number of piperidine rings is 1. The molecule has 23 heavy (non-hydrogen) atoms. The molecular formula is C17H24N4O2. The maximum Gasteiger partial charge on any atom is 0.249 e. The number of nitrogens with zero attached hydrogens (tertiary/aromatic N) is 3. The molecule has 3 aliphatic rings. The Kier molecular flexibility index (Phi) is 3.93. The Hall–Kier alpha value is -1.69. The molecule has 1 aromatic rings. The maximum absolute atomic E-state index is 12.3. The highest BCUT2D eigenvalue weighted by molar-refractivity contribution is 5.81. The lowest BCUT2D eigenvalue weighted by atomic mass is 9.90. The van der Waals surface area contributed by atoms with E-state index < -0.39 is 0 Å². The highest BCUT2D eigenvalue weighted by Crippen LogP contribution is 2.34. The van der Waals surface area contributed by atoms with E-state index in [-0.39, 0.29) is 18.1 Å². The molecular weight excluding hydrogens is 292 g/mol. The van der Waals surface area contributed by atoms with Crippen molar-refractivity contribution >= 4 is 11.7 Å². The summed E-state index contributed by atoms with van der Waals surface area (Å²) < 4.78 is 6.07. The number of ether oxygens (including phenoxy) is 1. The number of carbonyl (C=O) groups excluding carboxylic acids is 1. The van der Waals surface area contributed by atoms with Crippen LogP contribution in [0.1, 0.15) is 37.8 Å². The van der Waals surface area contributed by atoms with Crippen LogP contribution in [-0.4, -0.2) is 47.4 Å². The molecule has 4 rings (SSSR count). The number of aromatic nitrogens is 2. The summed E-state index contributed by atoms with van der Waals surface area (Å²) in [6, 6.07) is 4.38. The first-order valence-corrected chi connectivity index (χ1v) is 8.70. The minimum Gasteiger partial charge on any atom is -0.363 e. The second-order valence-corrected chi connectivity index (χ2v) is 7.06. The maximum atomic E-state index is 12.3. The lowest BCUT2D eigenvalue weighted by molar-refractivity contribution is -0.133. The Morgan fingerprint density at radius 3 is 2.87 bits per heavy atom. The van der Waals surface area contributed by atoms with Gasteiger partial charge in [0.2, 0.25) is 5.91 Å². The quantitative estimate of drug-likeness (QED) is 0.914. The predicted octanol–water partition coefficient (Wildman–Crippen LogP) is 1.44. The Morgan fingerprint density at radius 2 is 2.17 bits per heavy atom. The third-order valence-corrected chi connectivity index (χ3v) is 5.40. The number of hydrogen-bond acceptors (Lipinski definition) is 5. The third kappa shape index (κ3) is 3.04. The Balaban J connectivity index is 1.36. The van der Waals surface area contributed by atoms with Crippen LogP contribution in [0.5, 0.6) is 0 Å². The number of rotatable bonds is 3. The molecule has 1 saturated carbocycles. The minimum atomic E-state index is -0.269. The number of fused-ring (bicyclic) bond motifs is 1. The number of anilines is 1. The smallest absolute Gasteiger partial charge is 0.249 e. The van der Waals surface area contributed by atoms with E-state index in [0.717, 1.165) is 50.3 Å². The predicted molar refractivity (Wildman–Crippen MR) is 86.1 cm³/mol. The number of amides is 1. The number of hydrogen-bond donors (Lipinski definition) is 1. The van der Waals surface area contributed by atoms with E-state index in [2.05, 4.69) is 20.4 Å². The van der Waals surface area contributed by atoms with Crippen molar-refractivity contribution in [3.8, 4) is 0 Å². The second kappa shape index (κ2) is 6.07. The van der Waals surface area contributed by atoms with Gasteiger partial charge in [-0.1, -0.05) is 0 Å². The molecule has 1 amide bonds. The van der Waals surface area contributed by atoms with Crippen molar-refractivity contribution in [3.05, 3.63) is 17.8 Å². The summed E-state index contributed by atoms with van der Waals surface area (Å²) in [6.07, 6.45) is 5.23.